The Bertz CT molecular complexity index is 1730. The molecule has 0 bridgehead atoms. The van der Waals surface area contributed by atoms with Crippen LogP contribution in [-0.4, -0.2) is 54.3 Å². The number of halogens is 1. The van der Waals surface area contributed by atoms with E-state index in [2.05, 4.69) is 20.9 Å². The summed E-state index contributed by atoms with van der Waals surface area (Å²) in [4.78, 5) is 33.1. The molecule has 204 valence electrons. The van der Waals surface area contributed by atoms with Crippen molar-refractivity contribution in [3.8, 4) is 28.7 Å². The van der Waals surface area contributed by atoms with Crippen LogP contribution in [0.2, 0.25) is 0 Å². The standard InChI is InChI=1S/C28H21BrN2O8S/c1-36-15-4-5-17-21(12-15)40-28(30-17)31-23(14-9-16(29)25(33)20(11-14)37-2)22(26(34)27(31)35)24(32)13-3-6-18-19(10-13)39-8-7-38-18/h3-6,9-12,23,32-33H,7-8H2,1-2H3/b24-22-. The Morgan fingerprint density at radius 1 is 1.05 bits per heavy atom. The molecule has 1 aromatic heterocycles. The number of carbonyl (C=O) groups is 2. The van der Waals surface area contributed by atoms with Gasteiger partial charge in [-0.05, 0) is 70.0 Å². The summed E-state index contributed by atoms with van der Waals surface area (Å²) < 4.78 is 22.9. The van der Waals surface area contributed by atoms with E-state index in [4.69, 9.17) is 18.9 Å². The number of phenols is 1. The maximum atomic E-state index is 13.6. The number of aromatic nitrogens is 1. The third kappa shape index (κ3) is 4.20. The van der Waals surface area contributed by atoms with E-state index >= 15 is 0 Å². The summed E-state index contributed by atoms with van der Waals surface area (Å²) in [5.74, 6) is -0.644. The number of rotatable bonds is 5. The second-order valence-corrected chi connectivity index (χ2v) is 10.8. The highest BCUT2D eigenvalue weighted by Crippen LogP contribution is 2.48. The third-order valence-corrected chi connectivity index (χ3v) is 8.26. The number of aliphatic hydroxyl groups is 1. The summed E-state index contributed by atoms with van der Waals surface area (Å²) >= 11 is 4.53. The minimum absolute atomic E-state index is 0.114. The average Bonchev–Trinajstić information content (AvgIpc) is 3.51. The van der Waals surface area contributed by atoms with E-state index < -0.39 is 23.5 Å². The summed E-state index contributed by atoms with van der Waals surface area (Å²) in [6, 6.07) is 12.1. The summed E-state index contributed by atoms with van der Waals surface area (Å²) in [5, 5.41) is 22.2. The molecule has 2 aliphatic rings. The Morgan fingerprint density at radius 2 is 1.82 bits per heavy atom. The maximum absolute atomic E-state index is 13.6. The zero-order valence-corrected chi connectivity index (χ0v) is 23.5. The number of aliphatic hydroxyl groups excluding tert-OH is 1. The van der Waals surface area contributed by atoms with Gasteiger partial charge in [-0.2, -0.15) is 0 Å². The smallest absolute Gasteiger partial charge is 0.301 e. The molecule has 1 amide bonds. The molecule has 3 aromatic carbocycles. The molecule has 2 aliphatic heterocycles. The number of Topliss-reactive ketones (excluding diaryl/α,β-unsaturated/α-hetero) is 1. The van der Waals surface area contributed by atoms with Crippen LogP contribution in [0.3, 0.4) is 0 Å². The number of hydrogen-bond acceptors (Lipinski definition) is 10. The Balaban J connectivity index is 1.57. The first-order chi connectivity index (χ1) is 19.3. The number of ketones is 1. The van der Waals surface area contributed by atoms with Crippen molar-refractivity contribution in [3.63, 3.8) is 0 Å². The first kappa shape index (κ1) is 26.0. The first-order valence-electron chi connectivity index (χ1n) is 12.0. The number of methoxy groups -OCH3 is 2. The van der Waals surface area contributed by atoms with Crippen molar-refractivity contribution in [2.75, 3.05) is 32.3 Å². The Hall–Kier alpha value is -4.29. The molecule has 12 heteroatoms. The fraction of sp³-hybridized carbons (Fsp3) is 0.179. The fourth-order valence-corrected chi connectivity index (χ4v) is 6.20. The van der Waals surface area contributed by atoms with Crippen LogP contribution in [-0.2, 0) is 9.59 Å². The lowest BCUT2D eigenvalue weighted by Crippen LogP contribution is -2.29. The fourth-order valence-electron chi connectivity index (χ4n) is 4.72. The van der Waals surface area contributed by atoms with Gasteiger partial charge >= 0.3 is 5.91 Å². The molecule has 3 heterocycles. The summed E-state index contributed by atoms with van der Waals surface area (Å²) in [6.07, 6.45) is 0. The van der Waals surface area contributed by atoms with Crippen LogP contribution in [0.1, 0.15) is 17.2 Å². The predicted molar refractivity (Wildman–Crippen MR) is 151 cm³/mol. The van der Waals surface area contributed by atoms with Gasteiger partial charge in [-0.3, -0.25) is 14.5 Å². The van der Waals surface area contributed by atoms with Gasteiger partial charge in [0, 0.05) is 5.56 Å². The molecule has 10 nitrogen and oxygen atoms in total. The van der Waals surface area contributed by atoms with Gasteiger partial charge in [-0.15, -0.1) is 0 Å². The highest BCUT2D eigenvalue weighted by atomic mass is 79.9. The number of fused-ring (bicyclic) bond motifs is 2. The summed E-state index contributed by atoms with van der Waals surface area (Å²) in [6.45, 7) is 0.736. The highest BCUT2D eigenvalue weighted by Gasteiger charge is 2.48. The third-order valence-electron chi connectivity index (χ3n) is 6.64. The van der Waals surface area contributed by atoms with Crippen LogP contribution in [0.4, 0.5) is 5.13 Å². The Labute approximate surface area is 240 Å². The van der Waals surface area contributed by atoms with Gasteiger partial charge in [0.15, 0.2) is 28.1 Å². The molecule has 6 rings (SSSR count). The molecular formula is C28H21BrN2O8S. The van der Waals surface area contributed by atoms with Crippen LogP contribution < -0.4 is 23.8 Å². The lowest BCUT2D eigenvalue weighted by Gasteiger charge is -2.24. The van der Waals surface area contributed by atoms with Gasteiger partial charge in [-0.1, -0.05) is 11.3 Å². The van der Waals surface area contributed by atoms with Crippen LogP contribution in [0, 0.1) is 0 Å². The van der Waals surface area contributed by atoms with Crippen molar-refractivity contribution in [2.45, 2.75) is 6.04 Å². The number of ether oxygens (including phenoxy) is 4. The molecular weight excluding hydrogens is 604 g/mol. The minimum Gasteiger partial charge on any atom is -0.507 e. The van der Waals surface area contributed by atoms with Crippen molar-refractivity contribution in [1.82, 2.24) is 4.98 Å². The van der Waals surface area contributed by atoms with E-state index in [-0.39, 0.29) is 32.2 Å². The van der Waals surface area contributed by atoms with E-state index in [1.165, 1.54) is 29.4 Å². The molecule has 0 saturated carbocycles. The van der Waals surface area contributed by atoms with Crippen LogP contribution in [0.25, 0.3) is 16.0 Å². The lowest BCUT2D eigenvalue weighted by atomic mass is 9.95. The van der Waals surface area contributed by atoms with Gasteiger partial charge in [0.2, 0.25) is 0 Å². The SMILES string of the molecule is COc1ccc2nc(N3C(=O)C(=O)/C(=C(\O)c4ccc5c(c4)OCCO5)C3c3cc(Br)c(O)c(OC)c3)sc2c1. The van der Waals surface area contributed by atoms with E-state index in [9.17, 15) is 19.8 Å². The normalized spacial score (nSPS) is 17.9. The Kier molecular flexibility index (Phi) is 6.51. The number of nitrogens with zero attached hydrogens (tertiary/aromatic N) is 2. The second-order valence-electron chi connectivity index (χ2n) is 8.91. The van der Waals surface area contributed by atoms with Crippen molar-refractivity contribution in [2.24, 2.45) is 0 Å². The number of benzene rings is 3. The average molecular weight is 625 g/mol. The number of hydrogen-bond donors (Lipinski definition) is 2. The van der Waals surface area contributed by atoms with Crippen LogP contribution in [0.5, 0.6) is 28.7 Å². The minimum atomic E-state index is -1.10. The van der Waals surface area contributed by atoms with Crippen molar-refractivity contribution >= 4 is 60.1 Å². The molecule has 40 heavy (non-hydrogen) atoms. The highest BCUT2D eigenvalue weighted by molar-refractivity contribution is 9.10. The number of phenolic OH excluding ortho intramolecular Hbond substituents is 1. The van der Waals surface area contributed by atoms with Crippen molar-refractivity contribution in [3.05, 3.63) is 69.7 Å². The van der Waals surface area contributed by atoms with Crippen LogP contribution >= 0.6 is 27.3 Å². The van der Waals surface area contributed by atoms with Gasteiger partial charge in [0.25, 0.3) is 5.78 Å². The van der Waals surface area contributed by atoms with E-state index in [0.717, 1.165) is 4.70 Å². The molecule has 4 aromatic rings. The lowest BCUT2D eigenvalue weighted by molar-refractivity contribution is -0.132. The monoisotopic (exact) mass is 624 g/mol. The summed E-state index contributed by atoms with van der Waals surface area (Å²) in [5.41, 5.74) is 1.12. The number of thiazole rings is 1. The van der Waals surface area contributed by atoms with Gasteiger partial charge < -0.3 is 29.2 Å². The molecule has 0 aliphatic carbocycles. The van der Waals surface area contributed by atoms with E-state index in [0.29, 0.717) is 41.5 Å². The Morgan fingerprint density at radius 3 is 2.58 bits per heavy atom. The van der Waals surface area contributed by atoms with Crippen molar-refractivity contribution in [1.29, 1.82) is 0 Å². The molecule has 1 atom stereocenters. The van der Waals surface area contributed by atoms with E-state index in [1.54, 1.807) is 49.6 Å². The molecule has 0 radical (unpaired) electrons. The number of anilines is 1. The molecule has 1 unspecified atom stereocenters. The summed E-state index contributed by atoms with van der Waals surface area (Å²) in [7, 11) is 2.94. The molecule has 0 spiro atoms. The van der Waals surface area contributed by atoms with Gasteiger partial charge in [0.05, 0.1) is 40.5 Å². The molecule has 2 N–H and O–H groups in total. The molecule has 1 saturated heterocycles. The van der Waals surface area contributed by atoms with Gasteiger partial charge in [-0.25, -0.2) is 4.98 Å². The molecule has 1 fully saturated rings. The largest absolute Gasteiger partial charge is 0.507 e. The first-order valence-corrected chi connectivity index (χ1v) is 13.6. The topological polar surface area (TPSA) is 128 Å². The quantitative estimate of drug-likeness (QED) is 0.175. The number of amides is 1. The zero-order valence-electron chi connectivity index (χ0n) is 21.1. The maximum Gasteiger partial charge on any atom is 0.301 e. The number of aromatic hydroxyl groups is 1. The second kappa shape index (κ2) is 10.0. The van der Waals surface area contributed by atoms with Crippen molar-refractivity contribution < 1.29 is 38.7 Å². The van der Waals surface area contributed by atoms with Crippen LogP contribution in [0.15, 0.2) is 58.6 Å². The predicted octanol–water partition coefficient (Wildman–Crippen LogP) is 5.18. The van der Waals surface area contributed by atoms with Gasteiger partial charge in [0.1, 0.15) is 24.7 Å². The number of carbonyl (C=O) groups excluding carboxylic acids is 2. The zero-order chi connectivity index (χ0) is 28.1. The van der Waals surface area contributed by atoms with E-state index in [1.807, 2.05) is 0 Å².